The summed E-state index contributed by atoms with van der Waals surface area (Å²) in [7, 11) is 0. The van der Waals surface area contributed by atoms with Gasteiger partial charge in [-0.1, -0.05) is 0 Å². The van der Waals surface area contributed by atoms with E-state index in [-0.39, 0.29) is 23.5 Å². The molecule has 0 N–H and O–H groups in total. The molecule has 3 heterocycles. The van der Waals surface area contributed by atoms with E-state index in [2.05, 4.69) is 14.9 Å². The molecule has 2 saturated heterocycles. The first-order valence-electron chi connectivity index (χ1n) is 8.96. The molecule has 0 spiro atoms. The second-order valence-corrected chi connectivity index (χ2v) is 6.79. The van der Waals surface area contributed by atoms with Crippen molar-refractivity contribution in [2.45, 2.75) is 0 Å². The topological polar surface area (TPSA) is 69.6 Å². The van der Waals surface area contributed by atoms with E-state index in [1.807, 2.05) is 4.90 Å². The van der Waals surface area contributed by atoms with E-state index < -0.39 is 0 Å². The third kappa shape index (κ3) is 3.60. The van der Waals surface area contributed by atoms with Gasteiger partial charge in [0.15, 0.2) is 0 Å². The van der Waals surface area contributed by atoms with Crippen molar-refractivity contribution in [3.8, 4) is 0 Å². The molecule has 2 amide bonds. The fourth-order valence-electron chi connectivity index (χ4n) is 3.47. The van der Waals surface area contributed by atoms with Crippen LogP contribution in [0.25, 0.3) is 0 Å². The number of nitrogens with zero attached hydrogens (tertiary/aromatic N) is 5. The van der Waals surface area contributed by atoms with Crippen molar-refractivity contribution in [2.24, 2.45) is 5.92 Å². The average molecular weight is 369 g/mol. The predicted molar refractivity (Wildman–Crippen MR) is 96.6 cm³/mol. The van der Waals surface area contributed by atoms with Gasteiger partial charge in [0.2, 0.25) is 5.91 Å². The van der Waals surface area contributed by atoms with Crippen LogP contribution in [0.3, 0.4) is 0 Å². The van der Waals surface area contributed by atoms with E-state index in [0.29, 0.717) is 45.0 Å². The molecule has 7 nitrogen and oxygen atoms in total. The summed E-state index contributed by atoms with van der Waals surface area (Å²) < 4.78 is 13.0. The van der Waals surface area contributed by atoms with Crippen LogP contribution in [0.4, 0.5) is 10.1 Å². The number of halogens is 1. The number of hydrogen-bond acceptors (Lipinski definition) is 5. The van der Waals surface area contributed by atoms with Crippen molar-refractivity contribution in [3.63, 3.8) is 0 Å². The zero-order chi connectivity index (χ0) is 18.8. The van der Waals surface area contributed by atoms with Crippen LogP contribution in [0.2, 0.25) is 0 Å². The van der Waals surface area contributed by atoms with Crippen LogP contribution in [0, 0.1) is 11.7 Å². The van der Waals surface area contributed by atoms with Gasteiger partial charge in [-0.2, -0.15) is 0 Å². The third-order valence-electron chi connectivity index (χ3n) is 5.08. The van der Waals surface area contributed by atoms with Crippen LogP contribution >= 0.6 is 0 Å². The maximum Gasteiger partial charge on any atom is 0.274 e. The summed E-state index contributed by atoms with van der Waals surface area (Å²) in [6.07, 6.45) is 4.44. The lowest BCUT2D eigenvalue weighted by atomic mass is 9.97. The van der Waals surface area contributed by atoms with Gasteiger partial charge in [0, 0.05) is 57.3 Å². The summed E-state index contributed by atoms with van der Waals surface area (Å²) in [6, 6.07) is 6.41. The van der Waals surface area contributed by atoms with Gasteiger partial charge >= 0.3 is 0 Å². The zero-order valence-corrected chi connectivity index (χ0v) is 14.8. The van der Waals surface area contributed by atoms with Gasteiger partial charge in [0.1, 0.15) is 11.5 Å². The molecule has 0 atom stereocenters. The number of likely N-dealkylation sites (tertiary alicyclic amines) is 1. The monoisotopic (exact) mass is 369 g/mol. The molecule has 0 saturated carbocycles. The van der Waals surface area contributed by atoms with Gasteiger partial charge < -0.3 is 14.7 Å². The molecule has 2 aliphatic heterocycles. The minimum absolute atomic E-state index is 0.0944. The maximum absolute atomic E-state index is 13.0. The highest BCUT2D eigenvalue weighted by atomic mass is 19.1. The summed E-state index contributed by atoms with van der Waals surface area (Å²) in [4.78, 5) is 38.5. The van der Waals surface area contributed by atoms with Crippen LogP contribution in [0.15, 0.2) is 42.9 Å². The molecule has 0 radical (unpaired) electrons. The van der Waals surface area contributed by atoms with Gasteiger partial charge in [0.05, 0.1) is 12.1 Å². The quantitative estimate of drug-likeness (QED) is 0.809. The highest BCUT2D eigenvalue weighted by Gasteiger charge is 2.39. The van der Waals surface area contributed by atoms with Crippen molar-refractivity contribution in [1.82, 2.24) is 19.8 Å². The first-order chi connectivity index (χ1) is 13.1. The first kappa shape index (κ1) is 17.4. The Morgan fingerprint density at radius 3 is 2.30 bits per heavy atom. The summed E-state index contributed by atoms with van der Waals surface area (Å²) in [5.41, 5.74) is 1.27. The molecule has 0 aliphatic carbocycles. The average Bonchev–Trinajstić information content (AvgIpc) is 2.68. The molecule has 1 aromatic heterocycles. The van der Waals surface area contributed by atoms with Crippen LogP contribution in [0.5, 0.6) is 0 Å². The molecular weight excluding hydrogens is 349 g/mol. The molecule has 4 rings (SSSR count). The number of hydrogen-bond donors (Lipinski definition) is 0. The SMILES string of the molecule is O=C(c1cnccn1)N1CC(C(=O)N2CCN(c3ccc(F)cc3)CC2)C1. The van der Waals surface area contributed by atoms with E-state index >= 15 is 0 Å². The predicted octanol–water partition coefficient (Wildman–Crippen LogP) is 1.04. The van der Waals surface area contributed by atoms with Gasteiger partial charge in [-0.05, 0) is 24.3 Å². The molecular formula is C19H20FN5O2. The Labute approximate surface area is 156 Å². The van der Waals surface area contributed by atoms with Gasteiger partial charge in [0.25, 0.3) is 5.91 Å². The lowest BCUT2D eigenvalue weighted by molar-refractivity contribution is -0.140. The summed E-state index contributed by atoms with van der Waals surface area (Å²) >= 11 is 0. The number of amides is 2. The van der Waals surface area contributed by atoms with Crippen LogP contribution in [-0.2, 0) is 4.79 Å². The Bertz CT molecular complexity index is 816. The standard InChI is InChI=1S/C19H20FN5O2/c20-15-1-3-16(4-2-15)23-7-9-24(10-8-23)18(26)14-12-25(13-14)19(27)17-11-21-5-6-22-17/h1-6,11,14H,7-10,12-13H2. The molecule has 140 valence electrons. The minimum atomic E-state index is -0.252. The largest absolute Gasteiger partial charge is 0.368 e. The molecule has 2 aliphatic rings. The van der Waals surface area contributed by atoms with Crippen molar-refractivity contribution in [2.75, 3.05) is 44.2 Å². The minimum Gasteiger partial charge on any atom is -0.368 e. The summed E-state index contributed by atoms with van der Waals surface area (Å²) in [6.45, 7) is 3.53. The highest BCUT2D eigenvalue weighted by molar-refractivity contribution is 5.94. The second-order valence-electron chi connectivity index (χ2n) is 6.79. The van der Waals surface area contributed by atoms with E-state index in [9.17, 15) is 14.0 Å². The zero-order valence-electron chi connectivity index (χ0n) is 14.8. The van der Waals surface area contributed by atoms with Crippen molar-refractivity contribution >= 4 is 17.5 Å². The van der Waals surface area contributed by atoms with E-state index in [4.69, 9.17) is 0 Å². The third-order valence-corrected chi connectivity index (χ3v) is 5.08. The molecule has 1 aromatic carbocycles. The number of anilines is 1. The number of piperazine rings is 1. The van der Waals surface area contributed by atoms with E-state index in [0.717, 1.165) is 5.69 Å². The Hall–Kier alpha value is -3.03. The number of carbonyl (C=O) groups excluding carboxylic acids is 2. The molecule has 2 fully saturated rings. The normalized spacial score (nSPS) is 17.6. The number of aromatic nitrogens is 2. The molecule has 0 unspecified atom stereocenters. The lowest BCUT2D eigenvalue weighted by Gasteiger charge is -2.43. The van der Waals surface area contributed by atoms with Gasteiger partial charge in [-0.25, -0.2) is 9.37 Å². The fourth-order valence-corrected chi connectivity index (χ4v) is 3.47. The van der Waals surface area contributed by atoms with Gasteiger partial charge in [-0.3, -0.25) is 14.6 Å². The summed E-state index contributed by atoms with van der Waals surface area (Å²) in [5, 5.41) is 0. The second kappa shape index (κ2) is 7.30. The van der Waals surface area contributed by atoms with Crippen molar-refractivity contribution in [3.05, 3.63) is 54.4 Å². The Morgan fingerprint density at radius 1 is 0.963 bits per heavy atom. The van der Waals surface area contributed by atoms with E-state index in [1.165, 1.54) is 30.7 Å². The smallest absolute Gasteiger partial charge is 0.274 e. The summed E-state index contributed by atoms with van der Waals surface area (Å²) in [5.74, 6) is -0.494. The highest BCUT2D eigenvalue weighted by Crippen LogP contribution is 2.22. The van der Waals surface area contributed by atoms with E-state index in [1.54, 1.807) is 17.0 Å². The Morgan fingerprint density at radius 2 is 1.67 bits per heavy atom. The molecule has 2 aromatic rings. The lowest BCUT2D eigenvalue weighted by Crippen LogP contribution is -2.59. The van der Waals surface area contributed by atoms with Crippen molar-refractivity contribution < 1.29 is 14.0 Å². The van der Waals surface area contributed by atoms with Gasteiger partial charge in [-0.15, -0.1) is 0 Å². The Balaban J connectivity index is 1.27. The number of carbonyl (C=O) groups is 2. The van der Waals surface area contributed by atoms with Crippen molar-refractivity contribution in [1.29, 1.82) is 0 Å². The van der Waals surface area contributed by atoms with Crippen LogP contribution in [0.1, 0.15) is 10.5 Å². The van der Waals surface area contributed by atoms with Crippen LogP contribution < -0.4 is 4.90 Å². The Kier molecular flexibility index (Phi) is 4.70. The number of benzene rings is 1. The maximum atomic E-state index is 13.0. The molecule has 0 bridgehead atoms. The number of rotatable bonds is 3. The van der Waals surface area contributed by atoms with Crippen LogP contribution in [-0.4, -0.2) is 70.9 Å². The molecule has 27 heavy (non-hydrogen) atoms. The molecule has 8 heteroatoms. The fraction of sp³-hybridized carbons (Fsp3) is 0.368. The first-order valence-corrected chi connectivity index (χ1v) is 8.96.